The standard InChI is InChI=1S/C17H20N2O4S/c1-3-5-9-12-19-13-15(17(20)23-4-2)16(18-24(19,21)22)14-10-7-6-8-11-14/h1,6-8,10-11,13,16,18H,4-5,9,12H2,2H3. The van der Waals surface area contributed by atoms with Crippen LogP contribution in [0.4, 0.5) is 0 Å². The van der Waals surface area contributed by atoms with Crippen molar-refractivity contribution in [2.24, 2.45) is 0 Å². The molecule has 128 valence electrons. The molecule has 0 bridgehead atoms. The molecule has 0 amide bonds. The van der Waals surface area contributed by atoms with Crippen LogP contribution in [-0.4, -0.2) is 31.8 Å². The third-order valence-electron chi connectivity index (χ3n) is 3.51. The molecule has 6 nitrogen and oxygen atoms in total. The Balaban J connectivity index is 2.39. The molecule has 1 aromatic carbocycles. The topological polar surface area (TPSA) is 75.7 Å². The Morgan fingerprint density at radius 1 is 1.38 bits per heavy atom. The summed E-state index contributed by atoms with van der Waals surface area (Å²) in [5.41, 5.74) is 0.919. The van der Waals surface area contributed by atoms with Crippen LogP contribution in [0.2, 0.25) is 0 Å². The highest BCUT2D eigenvalue weighted by molar-refractivity contribution is 7.87. The number of hydrogen-bond donors (Lipinski definition) is 1. The predicted molar refractivity (Wildman–Crippen MR) is 90.7 cm³/mol. The van der Waals surface area contributed by atoms with E-state index in [1.807, 2.05) is 6.07 Å². The van der Waals surface area contributed by atoms with Gasteiger partial charge in [0.2, 0.25) is 0 Å². The first-order valence-electron chi connectivity index (χ1n) is 7.66. The Hall–Kier alpha value is -2.30. The molecule has 0 aromatic heterocycles. The lowest BCUT2D eigenvalue weighted by Gasteiger charge is -2.32. The number of nitrogens with one attached hydrogen (secondary N) is 1. The largest absolute Gasteiger partial charge is 0.463 e. The predicted octanol–water partition coefficient (Wildman–Crippen LogP) is 1.74. The summed E-state index contributed by atoms with van der Waals surface area (Å²) >= 11 is 0. The van der Waals surface area contributed by atoms with E-state index in [-0.39, 0.29) is 18.7 Å². The smallest absolute Gasteiger partial charge is 0.337 e. The highest BCUT2D eigenvalue weighted by atomic mass is 32.2. The number of nitrogens with zero attached hydrogens (tertiary/aromatic N) is 1. The molecule has 0 saturated carbocycles. The zero-order valence-electron chi connectivity index (χ0n) is 13.4. The van der Waals surface area contributed by atoms with Crippen molar-refractivity contribution in [3.8, 4) is 12.3 Å². The fourth-order valence-electron chi connectivity index (χ4n) is 2.38. The number of hydrogen-bond acceptors (Lipinski definition) is 4. The lowest BCUT2D eigenvalue weighted by atomic mass is 10.0. The van der Waals surface area contributed by atoms with Gasteiger partial charge in [0, 0.05) is 19.2 Å². The number of unbranched alkanes of at least 4 members (excludes halogenated alkanes) is 1. The highest BCUT2D eigenvalue weighted by Crippen LogP contribution is 2.29. The summed E-state index contributed by atoms with van der Waals surface area (Å²) in [6.45, 7) is 2.11. The second-order valence-corrected chi connectivity index (χ2v) is 6.84. The number of rotatable bonds is 6. The van der Waals surface area contributed by atoms with Crippen LogP contribution in [-0.2, 0) is 19.7 Å². The van der Waals surface area contributed by atoms with Crippen LogP contribution in [0.1, 0.15) is 31.4 Å². The Labute approximate surface area is 142 Å². The average Bonchev–Trinajstić information content (AvgIpc) is 2.57. The van der Waals surface area contributed by atoms with Gasteiger partial charge in [-0.25, -0.2) is 4.79 Å². The second kappa shape index (κ2) is 7.99. The van der Waals surface area contributed by atoms with Crippen molar-refractivity contribution in [1.29, 1.82) is 0 Å². The monoisotopic (exact) mass is 348 g/mol. The van der Waals surface area contributed by atoms with E-state index in [0.717, 1.165) is 4.31 Å². The second-order valence-electron chi connectivity index (χ2n) is 5.19. The van der Waals surface area contributed by atoms with Crippen LogP contribution < -0.4 is 4.72 Å². The Kier molecular flexibility index (Phi) is 6.01. The summed E-state index contributed by atoms with van der Waals surface area (Å²) in [5, 5.41) is 0. The van der Waals surface area contributed by atoms with Crippen molar-refractivity contribution in [1.82, 2.24) is 9.03 Å². The van der Waals surface area contributed by atoms with Crippen molar-refractivity contribution in [3.05, 3.63) is 47.7 Å². The van der Waals surface area contributed by atoms with Gasteiger partial charge in [-0.2, -0.15) is 13.1 Å². The normalized spacial score (nSPS) is 19.2. The number of ether oxygens (including phenoxy) is 1. The zero-order chi connectivity index (χ0) is 17.6. The first-order valence-corrected chi connectivity index (χ1v) is 9.10. The molecule has 1 unspecified atom stereocenters. The number of carbonyl (C=O) groups is 1. The van der Waals surface area contributed by atoms with Gasteiger partial charge < -0.3 is 4.74 Å². The molecule has 0 spiro atoms. The van der Waals surface area contributed by atoms with Gasteiger partial charge in [0.1, 0.15) is 0 Å². The van der Waals surface area contributed by atoms with Gasteiger partial charge in [-0.05, 0) is 18.9 Å². The van der Waals surface area contributed by atoms with Crippen LogP contribution in [0.5, 0.6) is 0 Å². The first kappa shape index (κ1) is 18.0. The van der Waals surface area contributed by atoms with Gasteiger partial charge in [0.25, 0.3) is 0 Å². The molecule has 1 atom stereocenters. The van der Waals surface area contributed by atoms with Gasteiger partial charge in [0.15, 0.2) is 0 Å². The maximum Gasteiger partial charge on any atom is 0.337 e. The molecule has 0 fully saturated rings. The van der Waals surface area contributed by atoms with E-state index < -0.39 is 22.2 Å². The minimum absolute atomic E-state index is 0.198. The van der Waals surface area contributed by atoms with Crippen molar-refractivity contribution >= 4 is 16.2 Å². The maximum absolute atomic E-state index is 12.5. The summed E-state index contributed by atoms with van der Waals surface area (Å²) in [6, 6.07) is 8.12. The molecule has 0 aliphatic carbocycles. The summed E-state index contributed by atoms with van der Waals surface area (Å²) < 4.78 is 33.6. The molecule has 0 radical (unpaired) electrons. The molecular formula is C17H20N2O4S. The van der Waals surface area contributed by atoms with Crippen molar-refractivity contribution in [3.63, 3.8) is 0 Å². The van der Waals surface area contributed by atoms with Gasteiger partial charge in [-0.1, -0.05) is 30.3 Å². The van der Waals surface area contributed by atoms with Gasteiger partial charge >= 0.3 is 16.2 Å². The highest BCUT2D eigenvalue weighted by Gasteiger charge is 2.36. The first-order chi connectivity index (χ1) is 11.5. The van der Waals surface area contributed by atoms with E-state index in [4.69, 9.17) is 11.2 Å². The van der Waals surface area contributed by atoms with Gasteiger partial charge in [-0.3, -0.25) is 4.31 Å². The molecule has 1 aliphatic heterocycles. The van der Waals surface area contributed by atoms with E-state index in [2.05, 4.69) is 10.6 Å². The number of benzene rings is 1. The Morgan fingerprint density at radius 2 is 2.08 bits per heavy atom. The fourth-order valence-corrected chi connectivity index (χ4v) is 3.70. The molecule has 7 heteroatoms. The van der Waals surface area contributed by atoms with Crippen molar-refractivity contribution in [2.45, 2.75) is 25.8 Å². The number of carbonyl (C=O) groups excluding carboxylic acids is 1. The molecule has 1 N–H and O–H groups in total. The van der Waals surface area contributed by atoms with Crippen LogP contribution >= 0.6 is 0 Å². The van der Waals surface area contributed by atoms with Gasteiger partial charge in [-0.15, -0.1) is 12.3 Å². The van der Waals surface area contributed by atoms with Crippen LogP contribution in [0.25, 0.3) is 0 Å². The van der Waals surface area contributed by atoms with Gasteiger partial charge in [0.05, 0.1) is 18.2 Å². The van der Waals surface area contributed by atoms with E-state index in [9.17, 15) is 13.2 Å². The lowest BCUT2D eigenvalue weighted by molar-refractivity contribution is -0.139. The Morgan fingerprint density at radius 3 is 2.71 bits per heavy atom. The summed E-state index contributed by atoms with van der Waals surface area (Å²) in [7, 11) is -3.75. The van der Waals surface area contributed by atoms with E-state index >= 15 is 0 Å². The summed E-state index contributed by atoms with van der Waals surface area (Å²) in [4.78, 5) is 12.3. The van der Waals surface area contributed by atoms with Crippen LogP contribution in [0.15, 0.2) is 42.1 Å². The van der Waals surface area contributed by atoms with Crippen LogP contribution in [0.3, 0.4) is 0 Å². The molecular weight excluding hydrogens is 328 g/mol. The minimum atomic E-state index is -3.75. The molecule has 0 saturated heterocycles. The Bertz CT molecular complexity index is 751. The number of terminal acetylenes is 1. The third-order valence-corrected chi connectivity index (χ3v) is 4.95. The third kappa shape index (κ3) is 4.16. The quantitative estimate of drug-likeness (QED) is 0.483. The van der Waals surface area contributed by atoms with E-state index in [0.29, 0.717) is 18.4 Å². The molecule has 1 heterocycles. The maximum atomic E-state index is 12.5. The minimum Gasteiger partial charge on any atom is -0.463 e. The van der Waals surface area contributed by atoms with E-state index in [1.54, 1.807) is 31.2 Å². The average molecular weight is 348 g/mol. The summed E-state index contributed by atoms with van der Waals surface area (Å²) in [6.07, 6.45) is 7.50. The van der Waals surface area contributed by atoms with Crippen molar-refractivity contribution < 1.29 is 17.9 Å². The van der Waals surface area contributed by atoms with Crippen molar-refractivity contribution in [2.75, 3.05) is 13.2 Å². The molecule has 2 rings (SSSR count). The SMILES string of the molecule is C#CCCCN1C=C(C(=O)OCC)C(c2ccccc2)NS1(=O)=O. The van der Waals surface area contributed by atoms with Crippen LogP contribution in [0, 0.1) is 12.3 Å². The fraction of sp³-hybridized carbons (Fsp3) is 0.353. The molecule has 1 aromatic rings. The zero-order valence-corrected chi connectivity index (χ0v) is 14.3. The summed E-state index contributed by atoms with van der Waals surface area (Å²) in [5.74, 6) is 1.92. The number of esters is 1. The van der Waals surface area contributed by atoms with E-state index in [1.165, 1.54) is 6.20 Å². The lowest BCUT2D eigenvalue weighted by Crippen LogP contribution is -2.46. The molecule has 24 heavy (non-hydrogen) atoms. The molecule has 1 aliphatic rings.